The Hall–Kier alpha value is -1.96. The molecule has 0 fully saturated rings. The van der Waals surface area contributed by atoms with Gasteiger partial charge in [0.05, 0.1) is 6.07 Å². The number of rotatable bonds is 2. The van der Waals surface area contributed by atoms with Crippen LogP contribution < -0.4 is 5.32 Å². The topological polar surface area (TPSA) is 87.0 Å². The van der Waals surface area contributed by atoms with Crippen molar-refractivity contribution in [3.63, 3.8) is 0 Å². The lowest BCUT2D eigenvalue weighted by Crippen LogP contribution is -2.42. The summed E-state index contributed by atoms with van der Waals surface area (Å²) in [6.45, 7) is 1.42. The number of carbonyl (C=O) groups is 3. The van der Waals surface area contributed by atoms with E-state index in [9.17, 15) is 14.4 Å². The first-order chi connectivity index (χ1) is 6.57. The van der Waals surface area contributed by atoms with E-state index in [1.807, 2.05) is 11.4 Å². The summed E-state index contributed by atoms with van der Waals surface area (Å²) in [4.78, 5) is 33.2. The van der Waals surface area contributed by atoms with Crippen molar-refractivity contribution >= 4 is 17.6 Å². The summed E-state index contributed by atoms with van der Waals surface area (Å²) in [6, 6.07) is 1.87. The zero-order chi connectivity index (χ0) is 10.7. The highest BCUT2D eigenvalue weighted by atomic mass is 16.2. The maximum absolute atomic E-state index is 11.2. The number of hydrogen-bond donors (Lipinski definition) is 1. The minimum Gasteiger partial charge on any atom is -0.286 e. The molecule has 1 rings (SSSR count). The zero-order valence-corrected chi connectivity index (χ0v) is 7.59. The molecule has 1 aliphatic heterocycles. The van der Waals surface area contributed by atoms with Crippen LogP contribution in [0, 0.1) is 11.3 Å². The van der Waals surface area contributed by atoms with E-state index in [1.165, 1.54) is 6.92 Å². The minimum absolute atomic E-state index is 0.147. The minimum atomic E-state index is -0.895. The molecule has 5 nitrogen and oxygen atoms in total. The number of Topliss-reactive ketones (excluding diaryl/α,β-unsaturated/α-hetero) is 1. The fourth-order valence-electron chi connectivity index (χ4n) is 1.19. The first-order valence-electron chi connectivity index (χ1n) is 4.04. The van der Waals surface area contributed by atoms with Crippen molar-refractivity contribution < 1.29 is 14.4 Å². The molecule has 0 radical (unpaired) electrons. The Morgan fingerprint density at radius 1 is 1.29 bits per heavy atom. The van der Waals surface area contributed by atoms with E-state index < -0.39 is 17.6 Å². The van der Waals surface area contributed by atoms with Crippen LogP contribution in [0.25, 0.3) is 0 Å². The number of imide groups is 1. The molecule has 1 heterocycles. The highest BCUT2D eigenvalue weighted by Crippen LogP contribution is 2.15. The zero-order valence-electron chi connectivity index (χ0n) is 7.59. The lowest BCUT2D eigenvalue weighted by molar-refractivity contribution is -0.139. The van der Waals surface area contributed by atoms with Gasteiger partial charge in [0.15, 0.2) is 0 Å². The van der Waals surface area contributed by atoms with Crippen molar-refractivity contribution in [1.29, 1.82) is 5.26 Å². The quantitative estimate of drug-likeness (QED) is 0.486. The Morgan fingerprint density at radius 3 is 2.50 bits per heavy atom. The predicted octanol–water partition coefficient (Wildman–Crippen LogP) is -0.168. The first-order valence-corrected chi connectivity index (χ1v) is 4.04. The third-order valence-corrected chi connectivity index (χ3v) is 1.99. The molecule has 0 saturated heterocycles. The molecular weight excluding hydrogens is 184 g/mol. The fourth-order valence-corrected chi connectivity index (χ4v) is 1.19. The summed E-state index contributed by atoms with van der Waals surface area (Å²) in [6.07, 6.45) is 0.356. The van der Waals surface area contributed by atoms with Crippen LogP contribution in [0.1, 0.15) is 19.8 Å². The van der Waals surface area contributed by atoms with Crippen LogP contribution in [0.4, 0.5) is 0 Å². The second-order valence-corrected chi connectivity index (χ2v) is 2.87. The van der Waals surface area contributed by atoms with Crippen molar-refractivity contribution in [3.05, 3.63) is 11.1 Å². The summed E-state index contributed by atoms with van der Waals surface area (Å²) in [5.41, 5.74) is 0.380. The highest BCUT2D eigenvalue weighted by molar-refractivity contribution is 6.48. The largest absolute Gasteiger partial charge is 0.298 e. The van der Waals surface area contributed by atoms with Gasteiger partial charge < -0.3 is 0 Å². The van der Waals surface area contributed by atoms with Crippen molar-refractivity contribution in [1.82, 2.24) is 5.32 Å². The molecule has 0 spiro atoms. The van der Waals surface area contributed by atoms with Crippen LogP contribution in [-0.4, -0.2) is 17.6 Å². The van der Waals surface area contributed by atoms with E-state index in [1.54, 1.807) is 0 Å². The first kappa shape index (κ1) is 10.1. The van der Waals surface area contributed by atoms with Crippen molar-refractivity contribution in [3.8, 4) is 6.07 Å². The molecule has 0 aromatic rings. The van der Waals surface area contributed by atoms with Gasteiger partial charge in [0.1, 0.15) is 0 Å². The molecule has 0 saturated carbocycles. The normalized spacial score (nSPS) is 16.7. The smallest absolute Gasteiger partial charge is 0.286 e. The Morgan fingerprint density at radius 2 is 1.93 bits per heavy atom. The van der Waals surface area contributed by atoms with E-state index in [-0.39, 0.29) is 24.0 Å². The van der Waals surface area contributed by atoms with Gasteiger partial charge in [-0.1, -0.05) is 0 Å². The third-order valence-electron chi connectivity index (χ3n) is 1.99. The van der Waals surface area contributed by atoms with E-state index in [2.05, 4.69) is 0 Å². The lowest BCUT2D eigenvalue weighted by atomic mass is 9.97. The molecule has 72 valence electrons. The Balaban J connectivity index is 3.00. The van der Waals surface area contributed by atoms with Gasteiger partial charge >= 0.3 is 0 Å². The van der Waals surface area contributed by atoms with Gasteiger partial charge in [-0.05, 0) is 13.3 Å². The highest BCUT2D eigenvalue weighted by Gasteiger charge is 2.29. The molecule has 0 unspecified atom stereocenters. The molecule has 2 amide bonds. The van der Waals surface area contributed by atoms with Crippen molar-refractivity contribution in [2.24, 2.45) is 0 Å². The molecule has 0 aliphatic carbocycles. The van der Waals surface area contributed by atoms with Crippen molar-refractivity contribution in [2.75, 3.05) is 0 Å². The number of nitrogens with one attached hydrogen (secondary N) is 1. The average Bonchev–Trinajstić information content (AvgIpc) is 2.14. The predicted molar refractivity (Wildman–Crippen MR) is 45.7 cm³/mol. The second kappa shape index (κ2) is 3.83. The molecule has 5 heteroatoms. The summed E-state index contributed by atoms with van der Waals surface area (Å²) in [5.74, 6) is -2.16. The number of hydrogen-bond acceptors (Lipinski definition) is 4. The molecule has 1 aliphatic rings. The Bertz CT molecular complexity index is 387. The van der Waals surface area contributed by atoms with Gasteiger partial charge in [0.2, 0.25) is 5.78 Å². The van der Waals surface area contributed by atoms with Gasteiger partial charge in [-0.2, -0.15) is 5.26 Å². The third kappa shape index (κ3) is 1.69. The van der Waals surface area contributed by atoms with E-state index in [0.717, 1.165) is 0 Å². The van der Waals surface area contributed by atoms with Gasteiger partial charge in [0.25, 0.3) is 11.8 Å². The van der Waals surface area contributed by atoms with Gasteiger partial charge in [0, 0.05) is 17.6 Å². The molecule has 1 N–H and O–H groups in total. The average molecular weight is 192 g/mol. The SMILES string of the molecule is CC1=C(CCC#N)C(=O)NC(=O)C1=O. The summed E-state index contributed by atoms with van der Waals surface area (Å²) < 4.78 is 0. The summed E-state index contributed by atoms with van der Waals surface area (Å²) in [7, 11) is 0. The molecular formula is C9H8N2O3. The van der Waals surface area contributed by atoms with Crippen LogP contribution in [0.3, 0.4) is 0 Å². The van der Waals surface area contributed by atoms with Crippen LogP contribution in [0.5, 0.6) is 0 Å². The number of ketones is 1. The monoisotopic (exact) mass is 192 g/mol. The number of nitrogens with zero attached hydrogens (tertiary/aromatic N) is 1. The van der Waals surface area contributed by atoms with Gasteiger partial charge in [-0.25, -0.2) is 0 Å². The maximum atomic E-state index is 11.2. The Labute approximate surface area is 80.4 Å². The number of nitriles is 1. The van der Waals surface area contributed by atoms with Crippen LogP contribution in [0.2, 0.25) is 0 Å². The number of carbonyl (C=O) groups excluding carboxylic acids is 3. The molecule has 0 aromatic carbocycles. The molecule has 0 aromatic heterocycles. The van der Waals surface area contributed by atoms with Gasteiger partial charge in [-0.15, -0.1) is 0 Å². The maximum Gasteiger partial charge on any atom is 0.298 e. The van der Waals surface area contributed by atoms with Crippen LogP contribution >= 0.6 is 0 Å². The van der Waals surface area contributed by atoms with E-state index >= 15 is 0 Å². The summed E-state index contributed by atoms with van der Waals surface area (Å²) in [5, 5.41) is 10.3. The van der Waals surface area contributed by atoms with Crippen LogP contribution in [-0.2, 0) is 14.4 Å². The number of amides is 2. The lowest BCUT2D eigenvalue weighted by Gasteiger charge is -2.14. The van der Waals surface area contributed by atoms with E-state index in [4.69, 9.17) is 5.26 Å². The van der Waals surface area contributed by atoms with Crippen molar-refractivity contribution in [2.45, 2.75) is 19.8 Å². The van der Waals surface area contributed by atoms with E-state index in [0.29, 0.717) is 0 Å². The molecule has 0 bridgehead atoms. The molecule has 0 atom stereocenters. The van der Waals surface area contributed by atoms with Crippen LogP contribution in [0.15, 0.2) is 11.1 Å². The van der Waals surface area contributed by atoms with Gasteiger partial charge in [-0.3, -0.25) is 19.7 Å². The standard InChI is InChI=1S/C9H8N2O3/c1-5-6(3-2-4-10)8(13)11-9(14)7(5)12/h2-3H2,1H3,(H,11,13,14). The fraction of sp³-hybridized carbons (Fsp3) is 0.333. The Kier molecular flexibility index (Phi) is 2.77. The second-order valence-electron chi connectivity index (χ2n) is 2.87. The summed E-state index contributed by atoms with van der Waals surface area (Å²) >= 11 is 0. The molecule has 14 heavy (non-hydrogen) atoms.